The normalized spacial score (nSPS) is 12.5. The first-order valence-electron chi connectivity index (χ1n) is 5.63. The number of carbonyl (C=O) groups excluding carboxylic acids is 1. The van der Waals surface area contributed by atoms with Crippen LogP contribution in [0.5, 0.6) is 11.5 Å². The van der Waals surface area contributed by atoms with E-state index in [9.17, 15) is 4.79 Å². The van der Waals surface area contributed by atoms with Crippen LogP contribution in [0.4, 0.5) is 11.4 Å². The molecule has 1 aromatic heterocycles. The number of fused-ring (bicyclic) bond motifs is 1. The number of nitrogens with two attached hydrogens (primary N) is 1. The molecular weight excluding hydrogens is 248 g/mol. The first-order chi connectivity index (χ1) is 9.15. The van der Waals surface area contributed by atoms with Crippen LogP contribution in [0.1, 0.15) is 10.5 Å². The van der Waals surface area contributed by atoms with Gasteiger partial charge in [-0.2, -0.15) is 5.10 Å². The molecule has 0 saturated heterocycles. The van der Waals surface area contributed by atoms with Gasteiger partial charge in [-0.1, -0.05) is 0 Å². The summed E-state index contributed by atoms with van der Waals surface area (Å²) in [4.78, 5) is 12.0. The van der Waals surface area contributed by atoms with E-state index in [0.717, 1.165) is 0 Å². The van der Waals surface area contributed by atoms with Crippen LogP contribution >= 0.6 is 0 Å². The summed E-state index contributed by atoms with van der Waals surface area (Å²) in [6, 6.07) is 4.89. The number of anilines is 2. The average molecular weight is 260 g/mol. The van der Waals surface area contributed by atoms with E-state index in [4.69, 9.17) is 15.2 Å². The summed E-state index contributed by atoms with van der Waals surface area (Å²) in [6.07, 6.45) is 1.55. The van der Waals surface area contributed by atoms with Crippen molar-refractivity contribution in [3.63, 3.8) is 0 Å². The minimum absolute atomic E-state index is 0.161. The van der Waals surface area contributed by atoms with Crippen LogP contribution in [0.3, 0.4) is 0 Å². The number of nitrogen functional groups attached to an aromatic ring is 1. The minimum Gasteiger partial charge on any atom is -0.454 e. The van der Waals surface area contributed by atoms with Crippen molar-refractivity contribution in [1.29, 1.82) is 0 Å². The second-order valence-corrected chi connectivity index (χ2v) is 4.09. The molecule has 2 heterocycles. The average Bonchev–Trinajstić information content (AvgIpc) is 2.98. The maximum atomic E-state index is 12.0. The van der Waals surface area contributed by atoms with Gasteiger partial charge >= 0.3 is 0 Å². The summed E-state index contributed by atoms with van der Waals surface area (Å²) in [5, 5.41) is 6.66. The van der Waals surface area contributed by atoms with Crippen molar-refractivity contribution >= 4 is 17.3 Å². The Morgan fingerprint density at radius 3 is 2.84 bits per heavy atom. The molecule has 0 bridgehead atoms. The van der Waals surface area contributed by atoms with Crippen molar-refractivity contribution in [2.75, 3.05) is 17.8 Å². The van der Waals surface area contributed by atoms with Gasteiger partial charge in [0.1, 0.15) is 5.69 Å². The number of benzene rings is 1. The molecule has 0 atom stereocenters. The molecule has 1 amide bonds. The fourth-order valence-corrected chi connectivity index (χ4v) is 1.85. The van der Waals surface area contributed by atoms with E-state index in [1.165, 1.54) is 4.68 Å². The van der Waals surface area contributed by atoms with Crippen LogP contribution in [0.2, 0.25) is 0 Å². The van der Waals surface area contributed by atoms with Crippen LogP contribution < -0.4 is 20.5 Å². The molecule has 2 aromatic rings. The number of nitrogens with zero attached hydrogens (tertiary/aromatic N) is 2. The number of aromatic nitrogens is 2. The maximum Gasteiger partial charge on any atom is 0.273 e. The summed E-state index contributed by atoms with van der Waals surface area (Å²) in [5.74, 6) is 0.858. The van der Waals surface area contributed by atoms with Crippen molar-refractivity contribution in [2.24, 2.45) is 7.05 Å². The van der Waals surface area contributed by atoms with Gasteiger partial charge in [0.2, 0.25) is 6.79 Å². The Bertz CT molecular complexity index is 650. The molecule has 0 saturated carbocycles. The predicted molar refractivity (Wildman–Crippen MR) is 68.1 cm³/mol. The zero-order valence-electron chi connectivity index (χ0n) is 10.2. The van der Waals surface area contributed by atoms with E-state index in [-0.39, 0.29) is 12.7 Å². The molecule has 0 spiro atoms. The zero-order valence-corrected chi connectivity index (χ0v) is 10.2. The van der Waals surface area contributed by atoms with E-state index in [1.807, 2.05) is 0 Å². The van der Waals surface area contributed by atoms with Gasteiger partial charge in [0.25, 0.3) is 5.91 Å². The SMILES string of the molecule is Cn1nccc1C(=O)Nc1cc2c(cc1N)OCO2. The van der Waals surface area contributed by atoms with Crippen molar-refractivity contribution in [1.82, 2.24) is 9.78 Å². The van der Waals surface area contributed by atoms with Crippen molar-refractivity contribution in [3.8, 4) is 11.5 Å². The van der Waals surface area contributed by atoms with Gasteiger partial charge in [-0.15, -0.1) is 0 Å². The highest BCUT2D eigenvalue weighted by atomic mass is 16.7. The molecule has 3 rings (SSSR count). The largest absolute Gasteiger partial charge is 0.454 e. The Kier molecular flexibility index (Phi) is 2.52. The van der Waals surface area contributed by atoms with Crippen LogP contribution in [-0.4, -0.2) is 22.5 Å². The molecule has 7 nitrogen and oxygen atoms in total. The highest BCUT2D eigenvalue weighted by molar-refractivity contribution is 6.04. The number of ether oxygens (including phenoxy) is 2. The lowest BCUT2D eigenvalue weighted by molar-refractivity contribution is 0.101. The summed E-state index contributed by atoms with van der Waals surface area (Å²) < 4.78 is 11.9. The van der Waals surface area contributed by atoms with Crippen molar-refractivity contribution in [3.05, 3.63) is 30.1 Å². The molecule has 0 aliphatic carbocycles. The first-order valence-corrected chi connectivity index (χ1v) is 5.63. The molecule has 7 heteroatoms. The second-order valence-electron chi connectivity index (χ2n) is 4.09. The molecule has 1 aliphatic rings. The highest BCUT2D eigenvalue weighted by Crippen LogP contribution is 2.38. The summed E-state index contributed by atoms with van der Waals surface area (Å²) in [5.41, 5.74) is 7.20. The Morgan fingerprint density at radius 2 is 2.16 bits per heavy atom. The lowest BCUT2D eigenvalue weighted by atomic mass is 10.2. The fourth-order valence-electron chi connectivity index (χ4n) is 1.85. The molecule has 0 unspecified atom stereocenters. The third-order valence-electron chi connectivity index (χ3n) is 2.85. The lowest BCUT2D eigenvalue weighted by Gasteiger charge is -2.09. The Balaban J connectivity index is 1.88. The molecular formula is C12H12N4O3. The van der Waals surface area contributed by atoms with Crippen molar-refractivity contribution < 1.29 is 14.3 Å². The minimum atomic E-state index is -0.287. The Hall–Kier alpha value is -2.70. The van der Waals surface area contributed by atoms with Crippen LogP contribution in [0, 0.1) is 0 Å². The fraction of sp³-hybridized carbons (Fsp3) is 0.167. The number of hydrogen-bond acceptors (Lipinski definition) is 5. The molecule has 3 N–H and O–H groups in total. The molecule has 0 fully saturated rings. The molecule has 19 heavy (non-hydrogen) atoms. The zero-order chi connectivity index (χ0) is 13.4. The molecule has 1 aromatic carbocycles. The topological polar surface area (TPSA) is 91.4 Å². The van der Waals surface area contributed by atoms with Gasteiger partial charge in [-0.25, -0.2) is 0 Å². The lowest BCUT2D eigenvalue weighted by Crippen LogP contribution is -2.16. The Morgan fingerprint density at radius 1 is 1.42 bits per heavy atom. The smallest absolute Gasteiger partial charge is 0.273 e. The van der Waals surface area contributed by atoms with Gasteiger partial charge in [-0.05, 0) is 6.07 Å². The summed E-state index contributed by atoms with van der Waals surface area (Å²) >= 11 is 0. The summed E-state index contributed by atoms with van der Waals surface area (Å²) in [7, 11) is 1.69. The highest BCUT2D eigenvalue weighted by Gasteiger charge is 2.18. The number of carbonyl (C=O) groups is 1. The summed E-state index contributed by atoms with van der Waals surface area (Å²) in [6.45, 7) is 0.161. The number of hydrogen-bond donors (Lipinski definition) is 2. The van der Waals surface area contributed by atoms with Gasteiger partial charge < -0.3 is 20.5 Å². The van der Waals surface area contributed by atoms with Gasteiger partial charge in [0, 0.05) is 25.4 Å². The van der Waals surface area contributed by atoms with Gasteiger partial charge in [0.05, 0.1) is 11.4 Å². The van der Waals surface area contributed by atoms with Gasteiger partial charge in [-0.3, -0.25) is 9.48 Å². The van der Waals surface area contributed by atoms with E-state index >= 15 is 0 Å². The predicted octanol–water partition coefficient (Wildman–Crippen LogP) is 0.983. The van der Waals surface area contributed by atoms with Crippen LogP contribution in [0.15, 0.2) is 24.4 Å². The van der Waals surface area contributed by atoms with Gasteiger partial charge in [0.15, 0.2) is 11.5 Å². The number of aryl methyl sites for hydroxylation is 1. The second kappa shape index (κ2) is 4.20. The van der Waals surface area contributed by atoms with E-state index in [2.05, 4.69) is 10.4 Å². The number of nitrogens with one attached hydrogen (secondary N) is 1. The number of rotatable bonds is 2. The first kappa shape index (κ1) is 11.4. The quantitative estimate of drug-likeness (QED) is 0.785. The number of amides is 1. The maximum absolute atomic E-state index is 12.0. The van der Waals surface area contributed by atoms with E-state index in [1.54, 1.807) is 31.4 Å². The third kappa shape index (κ3) is 1.95. The molecule has 0 radical (unpaired) electrons. The van der Waals surface area contributed by atoms with E-state index < -0.39 is 0 Å². The van der Waals surface area contributed by atoms with Crippen LogP contribution in [0.25, 0.3) is 0 Å². The monoisotopic (exact) mass is 260 g/mol. The standard InChI is InChI=1S/C12H12N4O3/c1-16-9(2-3-14-16)12(17)15-8-5-11-10(4-7(8)13)18-6-19-11/h2-5H,6,13H2,1H3,(H,15,17). The Labute approximate surface area is 108 Å². The molecule has 1 aliphatic heterocycles. The van der Waals surface area contributed by atoms with Crippen LogP contribution in [-0.2, 0) is 7.05 Å². The molecule has 98 valence electrons. The van der Waals surface area contributed by atoms with Crippen molar-refractivity contribution in [2.45, 2.75) is 0 Å². The van der Waals surface area contributed by atoms with E-state index in [0.29, 0.717) is 28.6 Å². The third-order valence-corrected chi connectivity index (χ3v) is 2.85.